The predicted molar refractivity (Wildman–Crippen MR) is 94.9 cm³/mol. The van der Waals surface area contributed by atoms with E-state index in [1.807, 2.05) is 36.4 Å². The Morgan fingerprint density at radius 3 is 2.52 bits per heavy atom. The lowest BCUT2D eigenvalue weighted by molar-refractivity contribution is -0.124. The fraction of sp³-hybridized carbons (Fsp3) is 0.450. The summed E-state index contributed by atoms with van der Waals surface area (Å²) >= 11 is 0. The van der Waals surface area contributed by atoms with E-state index in [4.69, 9.17) is 4.74 Å². The maximum Gasteiger partial charge on any atom is 0.230 e. The highest BCUT2D eigenvalue weighted by Crippen LogP contribution is 2.39. The molecule has 0 aromatic heterocycles. The van der Waals surface area contributed by atoms with Gasteiger partial charge in [-0.05, 0) is 31.4 Å². The fourth-order valence-corrected chi connectivity index (χ4v) is 3.37. The van der Waals surface area contributed by atoms with Gasteiger partial charge < -0.3 is 10.1 Å². The number of carbonyl (C=O) groups excluding carboxylic acids is 1. The predicted octanol–water partition coefficient (Wildman–Crippen LogP) is 5.15. The molecule has 0 aliphatic heterocycles. The smallest absolute Gasteiger partial charge is 0.230 e. The minimum atomic E-state index is -0.224. The van der Waals surface area contributed by atoms with Crippen molar-refractivity contribution in [1.29, 1.82) is 0 Å². The Hall–Kier alpha value is -2.03. The van der Waals surface area contributed by atoms with Gasteiger partial charge in [-0.1, -0.05) is 51.0 Å². The van der Waals surface area contributed by atoms with Crippen LogP contribution in [0.4, 0.5) is 5.69 Å². The van der Waals surface area contributed by atoms with Gasteiger partial charge in [0.1, 0.15) is 5.75 Å². The van der Waals surface area contributed by atoms with Gasteiger partial charge in [0, 0.05) is 21.9 Å². The van der Waals surface area contributed by atoms with E-state index in [1.54, 1.807) is 0 Å². The maximum absolute atomic E-state index is 12.7. The van der Waals surface area contributed by atoms with Crippen LogP contribution in [-0.4, -0.2) is 12.5 Å². The molecule has 3 nitrogen and oxygen atoms in total. The van der Waals surface area contributed by atoms with Gasteiger partial charge in [0.25, 0.3) is 0 Å². The van der Waals surface area contributed by atoms with E-state index in [-0.39, 0.29) is 11.3 Å². The van der Waals surface area contributed by atoms with Crippen LogP contribution in [0.3, 0.4) is 0 Å². The molecule has 0 atom stereocenters. The van der Waals surface area contributed by atoms with E-state index in [2.05, 4.69) is 19.2 Å². The number of ether oxygens (including phenoxy) is 1. The van der Waals surface area contributed by atoms with Crippen LogP contribution in [0.5, 0.6) is 5.75 Å². The van der Waals surface area contributed by atoms with E-state index in [9.17, 15) is 4.79 Å². The molecule has 2 aromatic carbocycles. The van der Waals surface area contributed by atoms with Crippen molar-refractivity contribution in [1.82, 2.24) is 0 Å². The summed E-state index contributed by atoms with van der Waals surface area (Å²) in [5.41, 5.74) is 0.654. The highest BCUT2D eigenvalue weighted by atomic mass is 16.5. The van der Waals surface area contributed by atoms with E-state index in [0.29, 0.717) is 6.61 Å². The minimum Gasteiger partial charge on any atom is -0.493 e. The van der Waals surface area contributed by atoms with Gasteiger partial charge >= 0.3 is 0 Å². The van der Waals surface area contributed by atoms with Crippen LogP contribution in [0, 0.1) is 5.41 Å². The van der Waals surface area contributed by atoms with Crippen LogP contribution in [0.25, 0.3) is 10.8 Å². The Bertz CT molecular complexity index is 702. The van der Waals surface area contributed by atoms with Crippen LogP contribution >= 0.6 is 0 Å². The number of fused-ring (bicyclic) bond motifs is 1. The molecule has 2 aromatic rings. The number of nitrogens with one attached hydrogen (secondary N) is 1. The van der Waals surface area contributed by atoms with Crippen molar-refractivity contribution in [3.05, 3.63) is 36.4 Å². The summed E-state index contributed by atoms with van der Waals surface area (Å²) in [6, 6.07) is 12.0. The molecule has 0 bridgehead atoms. The Morgan fingerprint density at radius 1 is 1.13 bits per heavy atom. The lowest BCUT2D eigenvalue weighted by atomic mass is 9.87. The molecule has 0 spiro atoms. The second kappa shape index (κ2) is 6.61. The summed E-state index contributed by atoms with van der Waals surface area (Å²) in [7, 11) is 0. The van der Waals surface area contributed by atoms with Gasteiger partial charge in [-0.3, -0.25) is 4.79 Å². The number of hydrogen-bond donors (Lipinski definition) is 1. The maximum atomic E-state index is 12.7. The van der Waals surface area contributed by atoms with Crippen LogP contribution in [0.15, 0.2) is 36.4 Å². The van der Waals surface area contributed by atoms with E-state index in [1.165, 1.54) is 0 Å². The monoisotopic (exact) mass is 311 g/mol. The first-order chi connectivity index (χ1) is 11.1. The van der Waals surface area contributed by atoms with Crippen molar-refractivity contribution < 1.29 is 9.53 Å². The normalized spacial score (nSPS) is 16.4. The first-order valence-corrected chi connectivity index (χ1v) is 8.60. The van der Waals surface area contributed by atoms with E-state index < -0.39 is 0 Å². The second-order valence-electron chi connectivity index (χ2n) is 6.73. The summed E-state index contributed by atoms with van der Waals surface area (Å²) in [5.74, 6) is 1.02. The number of amides is 1. The van der Waals surface area contributed by atoms with Gasteiger partial charge in [-0.15, -0.1) is 0 Å². The van der Waals surface area contributed by atoms with Crippen molar-refractivity contribution in [3.63, 3.8) is 0 Å². The highest BCUT2D eigenvalue weighted by molar-refractivity contribution is 6.05. The minimum absolute atomic E-state index is 0.141. The highest BCUT2D eigenvalue weighted by Gasteiger charge is 2.36. The zero-order valence-electron chi connectivity index (χ0n) is 14.0. The van der Waals surface area contributed by atoms with Crippen LogP contribution in [-0.2, 0) is 4.79 Å². The Kier molecular flexibility index (Phi) is 4.56. The molecule has 1 saturated carbocycles. The number of hydrogen-bond acceptors (Lipinski definition) is 2. The van der Waals surface area contributed by atoms with Gasteiger partial charge in [-0.2, -0.15) is 0 Å². The number of carbonyl (C=O) groups is 1. The van der Waals surface area contributed by atoms with Crippen molar-refractivity contribution in [2.75, 3.05) is 11.9 Å². The van der Waals surface area contributed by atoms with Crippen molar-refractivity contribution in [2.45, 2.75) is 46.0 Å². The molecule has 1 aliphatic rings. The van der Waals surface area contributed by atoms with Gasteiger partial charge in [0.05, 0.1) is 6.61 Å². The number of benzene rings is 2. The zero-order chi connectivity index (χ0) is 16.3. The van der Waals surface area contributed by atoms with Gasteiger partial charge in [0.15, 0.2) is 0 Å². The molecule has 1 fully saturated rings. The molecule has 1 N–H and O–H groups in total. The molecule has 23 heavy (non-hydrogen) atoms. The molecule has 3 heteroatoms. The largest absolute Gasteiger partial charge is 0.493 e. The lowest BCUT2D eigenvalue weighted by Gasteiger charge is -2.23. The molecular weight excluding hydrogens is 286 g/mol. The average Bonchev–Trinajstić information content (AvgIpc) is 3.02. The topological polar surface area (TPSA) is 38.3 Å². The van der Waals surface area contributed by atoms with Crippen LogP contribution in [0.1, 0.15) is 46.0 Å². The fourth-order valence-electron chi connectivity index (χ4n) is 3.37. The summed E-state index contributed by atoms with van der Waals surface area (Å²) in [4.78, 5) is 12.7. The van der Waals surface area contributed by atoms with Crippen molar-refractivity contribution >= 4 is 22.4 Å². The molecule has 0 saturated heterocycles. The molecule has 3 rings (SSSR count). The zero-order valence-corrected chi connectivity index (χ0v) is 14.0. The molecule has 1 amide bonds. The molecule has 1 aliphatic carbocycles. The Labute approximate surface area is 138 Å². The van der Waals surface area contributed by atoms with E-state index in [0.717, 1.165) is 54.3 Å². The van der Waals surface area contributed by atoms with Crippen molar-refractivity contribution in [3.8, 4) is 5.75 Å². The first-order valence-electron chi connectivity index (χ1n) is 8.60. The molecule has 0 unspecified atom stereocenters. The molecule has 0 radical (unpaired) electrons. The van der Waals surface area contributed by atoms with E-state index >= 15 is 0 Å². The van der Waals surface area contributed by atoms with Gasteiger partial charge in [-0.25, -0.2) is 0 Å². The molecule has 122 valence electrons. The third-order valence-corrected chi connectivity index (χ3v) is 4.85. The van der Waals surface area contributed by atoms with Crippen molar-refractivity contribution in [2.24, 2.45) is 5.41 Å². The van der Waals surface area contributed by atoms with Crippen LogP contribution < -0.4 is 10.1 Å². The third-order valence-electron chi connectivity index (χ3n) is 4.85. The second-order valence-corrected chi connectivity index (χ2v) is 6.73. The van der Waals surface area contributed by atoms with Gasteiger partial charge in [0.2, 0.25) is 5.91 Å². The third kappa shape index (κ3) is 3.19. The molecule has 0 heterocycles. The Balaban J connectivity index is 1.91. The summed E-state index contributed by atoms with van der Waals surface area (Å²) in [6.07, 6.45) is 5.23. The standard InChI is InChI=1S/C20H25NO2/c1-3-14-23-18-11-10-17(15-8-4-5-9-16(15)18)21-19(22)20(2)12-6-7-13-20/h4-5,8-11H,3,6-7,12-14H2,1-2H3,(H,21,22). The summed E-state index contributed by atoms with van der Waals surface area (Å²) < 4.78 is 5.84. The van der Waals surface area contributed by atoms with Crippen LogP contribution in [0.2, 0.25) is 0 Å². The SMILES string of the molecule is CCCOc1ccc(NC(=O)C2(C)CCCC2)c2ccccc12. The lowest BCUT2D eigenvalue weighted by Crippen LogP contribution is -2.30. The average molecular weight is 311 g/mol. The quantitative estimate of drug-likeness (QED) is 0.829. The Morgan fingerprint density at radius 2 is 1.83 bits per heavy atom. The summed E-state index contributed by atoms with van der Waals surface area (Å²) in [6.45, 7) is 4.88. The summed E-state index contributed by atoms with van der Waals surface area (Å²) in [5, 5.41) is 5.25. The molecular formula is C20H25NO2. The first kappa shape index (κ1) is 15.9. The number of rotatable bonds is 5. The number of anilines is 1.